The standard InChI is InChI=1S/C60H44/c1-59(2)53-22-11-9-17-44(53)46-31-28-41(35-55(46)59)38-26-24-37(25-27-38)40-29-33-51-52(34-40)58(48-21-13-15-39-14-5-6-16-43(39)48)50-20-8-7-19-49(50)57(51)42-30-32-47-45-18-10-12-23-54(45)60(3,4)56(47)36-42/h5-36H,1-4H3. The van der Waals surface area contributed by atoms with Crippen molar-refractivity contribution in [1.29, 1.82) is 0 Å². The van der Waals surface area contributed by atoms with Crippen molar-refractivity contribution in [1.82, 2.24) is 0 Å². The van der Waals surface area contributed by atoms with E-state index in [-0.39, 0.29) is 10.8 Å². The van der Waals surface area contributed by atoms with Crippen molar-refractivity contribution in [2.75, 3.05) is 0 Å². The molecule has 2 aliphatic rings. The molecule has 12 rings (SSSR count). The van der Waals surface area contributed by atoms with Gasteiger partial charge in [-0.25, -0.2) is 0 Å². The molecule has 2 aliphatic carbocycles. The third kappa shape index (κ3) is 4.98. The first-order chi connectivity index (χ1) is 29.3. The summed E-state index contributed by atoms with van der Waals surface area (Å²) in [4.78, 5) is 0. The quantitative estimate of drug-likeness (QED) is 0.157. The topological polar surface area (TPSA) is 0 Å². The largest absolute Gasteiger partial charge is 0.0619 e. The van der Waals surface area contributed by atoms with Crippen molar-refractivity contribution in [2.24, 2.45) is 0 Å². The SMILES string of the molecule is CC1(C)c2ccccc2-c2ccc(-c3ccc(-c4ccc5c(-c6ccc7c(c6)C(C)(C)c6ccccc6-7)c6ccccc6c(-c6cccc7ccccc67)c5c4)cc3)cc21. The molecule has 0 aliphatic heterocycles. The van der Waals surface area contributed by atoms with E-state index in [0.29, 0.717) is 0 Å². The Balaban J connectivity index is 1.05. The van der Waals surface area contributed by atoms with Crippen LogP contribution < -0.4 is 0 Å². The first-order valence-corrected chi connectivity index (χ1v) is 21.3. The van der Waals surface area contributed by atoms with Crippen LogP contribution in [0.3, 0.4) is 0 Å². The van der Waals surface area contributed by atoms with E-state index in [4.69, 9.17) is 0 Å². The molecule has 0 radical (unpaired) electrons. The molecule has 10 aromatic rings. The van der Waals surface area contributed by atoms with E-state index in [1.54, 1.807) is 0 Å². The molecule has 0 bridgehead atoms. The molecule has 284 valence electrons. The minimum Gasteiger partial charge on any atom is -0.0619 e. The summed E-state index contributed by atoms with van der Waals surface area (Å²) in [5.74, 6) is 0. The van der Waals surface area contributed by atoms with Crippen LogP contribution in [-0.2, 0) is 10.8 Å². The van der Waals surface area contributed by atoms with Crippen LogP contribution in [0.15, 0.2) is 194 Å². The van der Waals surface area contributed by atoms with Crippen LogP contribution in [0, 0.1) is 0 Å². The maximum atomic E-state index is 2.49. The van der Waals surface area contributed by atoms with Gasteiger partial charge in [0.25, 0.3) is 0 Å². The highest BCUT2D eigenvalue weighted by Crippen LogP contribution is 2.53. The monoisotopic (exact) mass is 764 g/mol. The predicted octanol–water partition coefficient (Wildman–Crippen LogP) is 16.4. The van der Waals surface area contributed by atoms with Gasteiger partial charge in [-0.15, -0.1) is 0 Å². The molecule has 10 aromatic carbocycles. The Labute approximate surface area is 352 Å². The normalized spacial score (nSPS) is 14.3. The van der Waals surface area contributed by atoms with E-state index in [1.807, 2.05) is 0 Å². The van der Waals surface area contributed by atoms with Crippen molar-refractivity contribution in [3.8, 4) is 66.8 Å². The molecule has 0 aromatic heterocycles. The van der Waals surface area contributed by atoms with Gasteiger partial charge < -0.3 is 0 Å². The number of hydrogen-bond acceptors (Lipinski definition) is 0. The van der Waals surface area contributed by atoms with Crippen molar-refractivity contribution in [3.05, 3.63) is 216 Å². The Morgan fingerprint density at radius 3 is 1.32 bits per heavy atom. The van der Waals surface area contributed by atoms with Gasteiger partial charge in [0.15, 0.2) is 0 Å². The molecule has 0 heterocycles. The van der Waals surface area contributed by atoms with E-state index in [0.717, 1.165) is 0 Å². The molecule has 0 unspecified atom stereocenters. The summed E-state index contributed by atoms with van der Waals surface area (Å²) in [6, 6.07) is 73.1. The van der Waals surface area contributed by atoms with Crippen LogP contribution >= 0.6 is 0 Å². The predicted molar refractivity (Wildman–Crippen MR) is 256 cm³/mol. The van der Waals surface area contributed by atoms with E-state index < -0.39 is 0 Å². The van der Waals surface area contributed by atoms with Gasteiger partial charge in [0.2, 0.25) is 0 Å². The van der Waals surface area contributed by atoms with Crippen LogP contribution in [0.5, 0.6) is 0 Å². The molecule has 0 nitrogen and oxygen atoms in total. The smallest absolute Gasteiger partial charge is 0.0159 e. The van der Waals surface area contributed by atoms with Gasteiger partial charge >= 0.3 is 0 Å². The van der Waals surface area contributed by atoms with Crippen LogP contribution in [0.4, 0.5) is 0 Å². The Kier molecular flexibility index (Phi) is 7.42. The lowest BCUT2D eigenvalue weighted by Crippen LogP contribution is -2.14. The van der Waals surface area contributed by atoms with Crippen LogP contribution in [-0.4, -0.2) is 0 Å². The second kappa shape index (κ2) is 12.7. The highest BCUT2D eigenvalue weighted by Gasteiger charge is 2.36. The van der Waals surface area contributed by atoms with Crippen LogP contribution in [0.25, 0.3) is 99.1 Å². The van der Waals surface area contributed by atoms with Crippen molar-refractivity contribution >= 4 is 32.3 Å². The summed E-state index contributed by atoms with van der Waals surface area (Å²) in [6.07, 6.45) is 0. The van der Waals surface area contributed by atoms with Crippen molar-refractivity contribution < 1.29 is 0 Å². The zero-order valence-corrected chi connectivity index (χ0v) is 34.5. The molecule has 0 saturated carbocycles. The summed E-state index contributed by atoms with van der Waals surface area (Å²) < 4.78 is 0. The fraction of sp³-hybridized carbons (Fsp3) is 0.100. The maximum Gasteiger partial charge on any atom is 0.0159 e. The molecular formula is C60H44. The van der Waals surface area contributed by atoms with E-state index in [2.05, 4.69) is 222 Å². The third-order valence-electron chi connectivity index (χ3n) is 14.1. The summed E-state index contributed by atoms with van der Waals surface area (Å²) >= 11 is 0. The molecule has 0 atom stereocenters. The lowest BCUT2D eigenvalue weighted by atomic mass is 9.80. The van der Waals surface area contributed by atoms with Crippen molar-refractivity contribution in [2.45, 2.75) is 38.5 Å². The Morgan fingerprint density at radius 2 is 0.667 bits per heavy atom. The van der Waals surface area contributed by atoms with Gasteiger partial charge in [-0.1, -0.05) is 204 Å². The lowest BCUT2D eigenvalue weighted by molar-refractivity contribution is 0.660. The summed E-state index contributed by atoms with van der Waals surface area (Å²) in [6.45, 7) is 9.47. The first kappa shape index (κ1) is 35.0. The fourth-order valence-corrected chi connectivity index (χ4v) is 11.0. The van der Waals surface area contributed by atoms with Gasteiger partial charge in [0.05, 0.1) is 0 Å². The molecule has 0 saturated heterocycles. The highest BCUT2D eigenvalue weighted by atomic mass is 14.4. The second-order valence-electron chi connectivity index (χ2n) is 18.0. The number of rotatable bonds is 4. The van der Waals surface area contributed by atoms with Gasteiger partial charge in [0.1, 0.15) is 0 Å². The number of benzene rings is 10. The molecule has 0 spiro atoms. The Bertz CT molecular complexity index is 3400. The Morgan fingerprint density at radius 1 is 0.250 bits per heavy atom. The van der Waals surface area contributed by atoms with E-state index in [1.165, 1.54) is 121 Å². The summed E-state index contributed by atoms with van der Waals surface area (Å²) in [5, 5.41) is 7.61. The fourth-order valence-electron chi connectivity index (χ4n) is 11.0. The Hall–Kier alpha value is -7.02. The first-order valence-electron chi connectivity index (χ1n) is 21.3. The second-order valence-corrected chi connectivity index (χ2v) is 18.0. The molecule has 0 fully saturated rings. The summed E-state index contributed by atoms with van der Waals surface area (Å²) in [7, 11) is 0. The third-order valence-corrected chi connectivity index (χ3v) is 14.1. The number of fused-ring (bicyclic) bond motifs is 9. The summed E-state index contributed by atoms with van der Waals surface area (Å²) in [5.41, 5.74) is 20.9. The zero-order chi connectivity index (χ0) is 40.3. The van der Waals surface area contributed by atoms with Crippen LogP contribution in [0.2, 0.25) is 0 Å². The molecule has 0 amide bonds. The highest BCUT2D eigenvalue weighted by molar-refractivity contribution is 6.24. The van der Waals surface area contributed by atoms with Gasteiger partial charge in [-0.2, -0.15) is 0 Å². The average Bonchev–Trinajstić information content (AvgIpc) is 3.66. The van der Waals surface area contributed by atoms with Crippen LogP contribution in [0.1, 0.15) is 49.9 Å². The zero-order valence-electron chi connectivity index (χ0n) is 34.5. The number of hydrogen-bond donors (Lipinski definition) is 0. The van der Waals surface area contributed by atoms with Crippen molar-refractivity contribution in [3.63, 3.8) is 0 Å². The molecule has 0 heteroatoms. The molecular weight excluding hydrogens is 721 g/mol. The average molecular weight is 765 g/mol. The van der Waals surface area contributed by atoms with E-state index in [9.17, 15) is 0 Å². The lowest BCUT2D eigenvalue weighted by Gasteiger charge is -2.23. The maximum absolute atomic E-state index is 2.49. The van der Waals surface area contributed by atoms with Gasteiger partial charge in [-0.05, 0) is 140 Å². The minimum atomic E-state index is -0.0865. The minimum absolute atomic E-state index is 0.0290. The molecule has 0 N–H and O–H groups in total. The van der Waals surface area contributed by atoms with Gasteiger partial charge in [-0.3, -0.25) is 0 Å². The van der Waals surface area contributed by atoms with Gasteiger partial charge in [0, 0.05) is 10.8 Å². The molecule has 60 heavy (non-hydrogen) atoms. The van der Waals surface area contributed by atoms with E-state index >= 15 is 0 Å².